The van der Waals surface area contributed by atoms with Crippen LogP contribution in [-0.4, -0.2) is 20.3 Å². The number of halogens is 1. The summed E-state index contributed by atoms with van der Waals surface area (Å²) in [7, 11) is -3.39. The first-order chi connectivity index (χ1) is 10.0. The molecule has 0 heterocycles. The van der Waals surface area contributed by atoms with E-state index in [1.54, 1.807) is 12.1 Å². The van der Waals surface area contributed by atoms with Crippen LogP contribution in [0, 0.1) is 5.92 Å². The summed E-state index contributed by atoms with van der Waals surface area (Å²) in [6.45, 7) is 4.75. The number of hydrogen-bond donors (Lipinski definition) is 1. The Bertz CT molecular complexity index is 494. The van der Waals surface area contributed by atoms with Gasteiger partial charge in [-0.2, -0.15) is 0 Å². The third-order valence-corrected chi connectivity index (χ3v) is 5.45. The average Bonchev–Trinajstić information content (AvgIpc) is 2.46. The highest BCUT2D eigenvalue weighted by Gasteiger charge is 2.16. The molecule has 1 unspecified atom stereocenters. The van der Waals surface area contributed by atoms with Crippen molar-refractivity contribution >= 4 is 26.0 Å². The Morgan fingerprint density at radius 1 is 1.10 bits per heavy atom. The largest absolute Gasteiger partial charge is 0.240 e. The highest BCUT2D eigenvalue weighted by Crippen LogP contribution is 2.15. The van der Waals surface area contributed by atoms with Crippen molar-refractivity contribution in [2.75, 3.05) is 11.9 Å². The van der Waals surface area contributed by atoms with Gasteiger partial charge in [0.25, 0.3) is 0 Å². The second kappa shape index (κ2) is 9.59. The van der Waals surface area contributed by atoms with Gasteiger partial charge in [0, 0.05) is 11.9 Å². The summed E-state index contributed by atoms with van der Waals surface area (Å²) < 4.78 is 27.3. The van der Waals surface area contributed by atoms with Crippen molar-refractivity contribution in [1.29, 1.82) is 0 Å². The molecule has 1 N–H and O–H groups in total. The minimum atomic E-state index is -3.39. The van der Waals surface area contributed by atoms with E-state index in [-0.39, 0.29) is 0 Å². The number of aryl methyl sites for hydroxylation is 1. The Labute approximate surface area is 137 Å². The number of nitrogens with one attached hydrogen (secondary N) is 1. The minimum absolute atomic E-state index is 0.358. The molecule has 0 radical (unpaired) electrons. The van der Waals surface area contributed by atoms with Crippen molar-refractivity contribution in [2.45, 2.75) is 50.8 Å². The lowest BCUT2D eigenvalue weighted by Gasteiger charge is -2.16. The fraction of sp³-hybridized carbons (Fsp3) is 0.625. The normalized spacial score (nSPS) is 13.3. The topological polar surface area (TPSA) is 46.2 Å². The highest BCUT2D eigenvalue weighted by atomic mass is 79.9. The lowest BCUT2D eigenvalue weighted by Crippen LogP contribution is -2.29. The summed E-state index contributed by atoms with van der Waals surface area (Å²) >= 11 is 3.43. The second-order valence-corrected chi connectivity index (χ2v) is 7.94. The molecule has 0 bridgehead atoms. The molecule has 1 rings (SSSR count). The first-order valence-electron chi connectivity index (χ1n) is 7.68. The van der Waals surface area contributed by atoms with Gasteiger partial charge in [0.05, 0.1) is 4.90 Å². The molecule has 0 fully saturated rings. The highest BCUT2D eigenvalue weighted by molar-refractivity contribution is 9.09. The van der Waals surface area contributed by atoms with Crippen molar-refractivity contribution in [3.63, 3.8) is 0 Å². The van der Waals surface area contributed by atoms with Gasteiger partial charge in [-0.3, -0.25) is 0 Å². The Hall–Kier alpha value is -0.390. The molecule has 120 valence electrons. The van der Waals surface area contributed by atoms with Crippen LogP contribution in [0.25, 0.3) is 0 Å². The molecule has 0 aromatic heterocycles. The van der Waals surface area contributed by atoms with Crippen LogP contribution >= 0.6 is 15.9 Å². The number of hydrogen-bond acceptors (Lipinski definition) is 2. The quantitative estimate of drug-likeness (QED) is 0.625. The van der Waals surface area contributed by atoms with Crippen LogP contribution in [-0.2, 0) is 16.4 Å². The molecule has 0 aliphatic heterocycles. The maximum atomic E-state index is 12.3. The zero-order valence-electron chi connectivity index (χ0n) is 12.9. The predicted molar refractivity (Wildman–Crippen MR) is 92.4 cm³/mol. The van der Waals surface area contributed by atoms with Crippen molar-refractivity contribution in [2.24, 2.45) is 5.92 Å². The van der Waals surface area contributed by atoms with Gasteiger partial charge in [0.1, 0.15) is 0 Å². The lowest BCUT2D eigenvalue weighted by atomic mass is 10.0. The summed E-state index contributed by atoms with van der Waals surface area (Å²) in [6, 6.07) is 7.21. The van der Waals surface area contributed by atoms with E-state index >= 15 is 0 Å². The number of sulfonamides is 1. The second-order valence-electron chi connectivity index (χ2n) is 5.38. The first kappa shape index (κ1) is 18.7. The maximum Gasteiger partial charge on any atom is 0.240 e. The summed E-state index contributed by atoms with van der Waals surface area (Å²) in [5, 5.41) is 0.908. The average molecular weight is 376 g/mol. The molecule has 1 atom stereocenters. The van der Waals surface area contributed by atoms with Gasteiger partial charge < -0.3 is 0 Å². The van der Waals surface area contributed by atoms with E-state index in [2.05, 4.69) is 34.5 Å². The maximum absolute atomic E-state index is 12.3. The fourth-order valence-electron chi connectivity index (χ4n) is 2.35. The van der Waals surface area contributed by atoms with Crippen molar-refractivity contribution in [3.05, 3.63) is 29.8 Å². The molecule has 0 amide bonds. The first-order valence-corrected chi connectivity index (χ1v) is 10.3. The van der Waals surface area contributed by atoms with Crippen LogP contribution < -0.4 is 4.72 Å². The van der Waals surface area contributed by atoms with Crippen molar-refractivity contribution < 1.29 is 8.42 Å². The summed E-state index contributed by atoms with van der Waals surface area (Å²) in [6.07, 6.45) is 5.16. The van der Waals surface area contributed by atoms with Gasteiger partial charge in [-0.25, -0.2) is 13.1 Å². The molecule has 0 saturated heterocycles. The minimum Gasteiger partial charge on any atom is -0.211 e. The van der Waals surface area contributed by atoms with E-state index < -0.39 is 10.0 Å². The van der Waals surface area contributed by atoms with Crippen LogP contribution in [0.15, 0.2) is 29.2 Å². The third kappa shape index (κ3) is 6.49. The summed E-state index contributed by atoms with van der Waals surface area (Å²) in [5.41, 5.74) is 1.18. The van der Waals surface area contributed by atoms with Gasteiger partial charge in [-0.1, -0.05) is 54.8 Å². The number of rotatable bonds is 10. The van der Waals surface area contributed by atoms with E-state index in [1.165, 1.54) is 5.56 Å². The number of alkyl halides is 1. The van der Waals surface area contributed by atoms with Crippen LogP contribution in [0.5, 0.6) is 0 Å². The molecule has 1 aromatic carbocycles. The molecule has 0 spiro atoms. The molecule has 0 aliphatic carbocycles. The van der Waals surface area contributed by atoms with E-state index in [0.29, 0.717) is 17.4 Å². The molecule has 0 saturated carbocycles. The van der Waals surface area contributed by atoms with Gasteiger partial charge >= 0.3 is 0 Å². The monoisotopic (exact) mass is 375 g/mol. The summed E-state index contributed by atoms with van der Waals surface area (Å²) in [4.78, 5) is 0.358. The Morgan fingerprint density at radius 2 is 1.76 bits per heavy atom. The van der Waals surface area contributed by atoms with Crippen LogP contribution in [0.1, 0.15) is 45.1 Å². The molecule has 0 aliphatic rings. The van der Waals surface area contributed by atoms with Crippen LogP contribution in [0.2, 0.25) is 0 Å². The van der Waals surface area contributed by atoms with E-state index in [1.807, 2.05) is 12.1 Å². The van der Waals surface area contributed by atoms with Crippen LogP contribution in [0.3, 0.4) is 0 Å². The molecule has 5 heteroatoms. The SMILES string of the molecule is CCCc1ccc(S(=O)(=O)NCC(CCC)CCBr)cc1. The standard InChI is InChI=1S/C16H26BrNO2S/c1-3-5-14-7-9-16(10-8-14)21(19,20)18-13-15(6-4-2)11-12-17/h7-10,15,18H,3-6,11-13H2,1-2H3. The fourth-order valence-corrected chi connectivity index (χ4v) is 4.11. The van der Waals surface area contributed by atoms with E-state index in [0.717, 1.165) is 37.4 Å². The van der Waals surface area contributed by atoms with Crippen molar-refractivity contribution in [1.82, 2.24) is 4.72 Å². The third-order valence-electron chi connectivity index (χ3n) is 3.55. The zero-order chi connectivity index (χ0) is 15.7. The Morgan fingerprint density at radius 3 is 2.29 bits per heavy atom. The van der Waals surface area contributed by atoms with Gasteiger partial charge in [-0.05, 0) is 42.9 Å². The summed E-state index contributed by atoms with van der Waals surface area (Å²) in [5.74, 6) is 0.392. The smallest absolute Gasteiger partial charge is 0.211 e. The Balaban J connectivity index is 2.67. The molecule has 3 nitrogen and oxygen atoms in total. The molecular weight excluding hydrogens is 350 g/mol. The molecule has 1 aromatic rings. The van der Waals surface area contributed by atoms with E-state index in [9.17, 15) is 8.42 Å². The molecule has 21 heavy (non-hydrogen) atoms. The van der Waals surface area contributed by atoms with Crippen molar-refractivity contribution in [3.8, 4) is 0 Å². The van der Waals surface area contributed by atoms with Gasteiger partial charge in [0.2, 0.25) is 10.0 Å². The molecular formula is C16H26BrNO2S. The van der Waals surface area contributed by atoms with Gasteiger partial charge in [0.15, 0.2) is 0 Å². The van der Waals surface area contributed by atoms with Crippen LogP contribution in [0.4, 0.5) is 0 Å². The lowest BCUT2D eigenvalue weighted by molar-refractivity contribution is 0.459. The van der Waals surface area contributed by atoms with E-state index in [4.69, 9.17) is 0 Å². The predicted octanol–water partition coefficient (Wildman–Crippen LogP) is 4.12. The van der Waals surface area contributed by atoms with Gasteiger partial charge in [-0.15, -0.1) is 0 Å². The number of benzene rings is 1. The Kier molecular flexibility index (Phi) is 8.52. The zero-order valence-corrected chi connectivity index (χ0v) is 15.3.